The van der Waals surface area contributed by atoms with Gasteiger partial charge in [-0.1, -0.05) is 0 Å². The Labute approximate surface area is 156 Å². The summed E-state index contributed by atoms with van der Waals surface area (Å²) in [6.07, 6.45) is -1.45. The van der Waals surface area contributed by atoms with Gasteiger partial charge in [0.1, 0.15) is 6.04 Å². The number of piperidine rings is 1. The van der Waals surface area contributed by atoms with E-state index in [0.717, 1.165) is 0 Å². The Morgan fingerprint density at radius 3 is 1.63 bits per heavy atom. The van der Waals surface area contributed by atoms with E-state index in [4.69, 9.17) is 5.11 Å². The fourth-order valence-electron chi connectivity index (χ4n) is 4.50. The first-order chi connectivity index (χ1) is 12.1. The number of aliphatic hydroxyl groups is 1. The molecule has 10 heteroatoms. The van der Waals surface area contributed by atoms with Crippen LogP contribution in [0.5, 0.6) is 0 Å². The van der Waals surface area contributed by atoms with Crippen LogP contribution in [0.15, 0.2) is 0 Å². The lowest BCUT2D eigenvalue weighted by atomic mass is 9.73. The highest BCUT2D eigenvalue weighted by Gasteiger charge is 2.56. The smallest absolute Gasteiger partial charge is 0.321 e. The normalized spacial score (nSPS) is 23.1. The molecule has 0 aromatic heterocycles. The average Bonchev–Trinajstić information content (AvgIpc) is 2.40. The minimum absolute atomic E-state index is 0.156. The van der Waals surface area contributed by atoms with Gasteiger partial charge in [-0.05, 0) is 40.5 Å². The molecule has 154 valence electrons. The van der Waals surface area contributed by atoms with Gasteiger partial charge in [-0.25, -0.2) is 0 Å². The van der Waals surface area contributed by atoms with Crippen LogP contribution in [0.2, 0.25) is 0 Å². The van der Waals surface area contributed by atoms with E-state index in [9.17, 15) is 39.6 Å². The molecular weight excluding hydrogens is 362 g/mol. The Kier molecular flexibility index (Phi) is 6.61. The molecule has 1 heterocycles. The van der Waals surface area contributed by atoms with E-state index in [1.54, 1.807) is 27.7 Å². The minimum Gasteiger partial charge on any atom is -0.481 e. The van der Waals surface area contributed by atoms with Crippen molar-refractivity contribution in [2.45, 2.75) is 70.2 Å². The highest BCUT2D eigenvalue weighted by molar-refractivity contribution is 5.89. The van der Waals surface area contributed by atoms with Gasteiger partial charge in [0.2, 0.25) is 0 Å². The van der Waals surface area contributed by atoms with Crippen LogP contribution in [-0.2, 0) is 19.2 Å². The molecule has 3 unspecified atom stereocenters. The SMILES string of the molecule is CC1(C)CC(O)CC(C)(C)N1C(C(=O)O)C(C(=O)O)C(CC(=O)O)C(=O)O. The molecule has 0 radical (unpaired) electrons. The zero-order chi connectivity index (χ0) is 21.3. The summed E-state index contributed by atoms with van der Waals surface area (Å²) in [5.41, 5.74) is -1.94. The maximum atomic E-state index is 12.1. The van der Waals surface area contributed by atoms with E-state index in [1.165, 1.54) is 4.90 Å². The molecule has 0 saturated carbocycles. The van der Waals surface area contributed by atoms with Crippen molar-refractivity contribution in [2.75, 3.05) is 0 Å². The van der Waals surface area contributed by atoms with Gasteiger partial charge in [0.05, 0.1) is 24.4 Å². The molecular formula is C17H27NO9. The van der Waals surface area contributed by atoms with Crippen LogP contribution >= 0.6 is 0 Å². The first-order valence-electron chi connectivity index (χ1n) is 8.49. The van der Waals surface area contributed by atoms with Crippen molar-refractivity contribution in [3.05, 3.63) is 0 Å². The predicted molar refractivity (Wildman–Crippen MR) is 91.2 cm³/mol. The van der Waals surface area contributed by atoms with Crippen molar-refractivity contribution in [3.8, 4) is 0 Å². The number of rotatable bonds is 8. The summed E-state index contributed by atoms with van der Waals surface area (Å²) in [7, 11) is 0. The van der Waals surface area contributed by atoms with E-state index < -0.39 is 65.4 Å². The topological polar surface area (TPSA) is 173 Å². The van der Waals surface area contributed by atoms with Gasteiger partial charge in [-0.2, -0.15) is 0 Å². The lowest BCUT2D eigenvalue weighted by molar-refractivity contribution is -0.180. The second-order valence-electron chi connectivity index (χ2n) is 8.25. The van der Waals surface area contributed by atoms with E-state index in [2.05, 4.69) is 0 Å². The molecule has 3 atom stereocenters. The summed E-state index contributed by atoms with van der Waals surface area (Å²) < 4.78 is 0. The molecule has 27 heavy (non-hydrogen) atoms. The molecule has 0 spiro atoms. The third-order valence-corrected chi connectivity index (χ3v) is 5.08. The summed E-state index contributed by atoms with van der Waals surface area (Å²) in [6, 6.07) is -1.79. The number of hydrogen-bond donors (Lipinski definition) is 5. The zero-order valence-corrected chi connectivity index (χ0v) is 15.7. The second-order valence-corrected chi connectivity index (χ2v) is 8.25. The molecule has 0 aliphatic carbocycles. The predicted octanol–water partition coefficient (Wildman–Crippen LogP) is 0.330. The quantitative estimate of drug-likeness (QED) is 0.389. The number of nitrogens with zero attached hydrogens (tertiary/aromatic N) is 1. The molecule has 0 aromatic rings. The molecule has 1 aliphatic heterocycles. The Hall–Kier alpha value is -2.20. The Morgan fingerprint density at radius 2 is 1.33 bits per heavy atom. The molecule has 1 aliphatic rings. The molecule has 1 rings (SSSR count). The highest BCUT2D eigenvalue weighted by Crippen LogP contribution is 2.43. The van der Waals surface area contributed by atoms with E-state index in [-0.39, 0.29) is 12.8 Å². The molecule has 0 aromatic carbocycles. The maximum absolute atomic E-state index is 12.1. The molecule has 10 nitrogen and oxygen atoms in total. The highest BCUT2D eigenvalue weighted by atomic mass is 16.4. The molecule has 0 bridgehead atoms. The van der Waals surface area contributed by atoms with E-state index >= 15 is 0 Å². The first-order valence-corrected chi connectivity index (χ1v) is 8.49. The summed E-state index contributed by atoms with van der Waals surface area (Å²) in [4.78, 5) is 48.1. The fourth-order valence-corrected chi connectivity index (χ4v) is 4.50. The Bertz CT molecular complexity index is 610. The second kappa shape index (κ2) is 7.81. The van der Waals surface area contributed by atoms with Crippen LogP contribution in [-0.4, -0.2) is 77.5 Å². The van der Waals surface area contributed by atoms with Gasteiger partial charge in [-0.3, -0.25) is 24.1 Å². The van der Waals surface area contributed by atoms with Gasteiger partial charge in [0.25, 0.3) is 0 Å². The number of aliphatic carboxylic acids is 4. The molecule has 0 amide bonds. The Morgan fingerprint density at radius 1 is 0.889 bits per heavy atom. The number of carboxylic acids is 4. The number of aliphatic hydroxyl groups excluding tert-OH is 1. The van der Waals surface area contributed by atoms with Crippen LogP contribution in [0.3, 0.4) is 0 Å². The lowest BCUT2D eigenvalue weighted by Gasteiger charge is -2.57. The molecule has 5 N–H and O–H groups in total. The van der Waals surface area contributed by atoms with Crippen LogP contribution < -0.4 is 0 Å². The summed E-state index contributed by atoms with van der Waals surface area (Å²) >= 11 is 0. The largest absolute Gasteiger partial charge is 0.481 e. The van der Waals surface area contributed by atoms with Crippen molar-refractivity contribution in [1.29, 1.82) is 0 Å². The van der Waals surface area contributed by atoms with Crippen LogP contribution in [0, 0.1) is 11.8 Å². The zero-order valence-electron chi connectivity index (χ0n) is 15.7. The average molecular weight is 389 g/mol. The van der Waals surface area contributed by atoms with Gasteiger partial charge in [0.15, 0.2) is 0 Å². The third kappa shape index (κ3) is 4.95. The van der Waals surface area contributed by atoms with Gasteiger partial charge in [-0.15, -0.1) is 0 Å². The third-order valence-electron chi connectivity index (χ3n) is 5.08. The minimum atomic E-state index is -2.00. The number of hydrogen-bond acceptors (Lipinski definition) is 6. The summed E-state index contributed by atoms with van der Waals surface area (Å²) in [6.45, 7) is 6.55. The molecule has 1 fully saturated rings. The van der Waals surface area contributed by atoms with Crippen LogP contribution in [0.1, 0.15) is 47.0 Å². The Balaban J connectivity index is 3.57. The van der Waals surface area contributed by atoms with Gasteiger partial charge in [0, 0.05) is 11.1 Å². The van der Waals surface area contributed by atoms with Crippen molar-refractivity contribution in [3.63, 3.8) is 0 Å². The van der Waals surface area contributed by atoms with E-state index in [1.807, 2.05) is 0 Å². The molecule has 1 saturated heterocycles. The van der Waals surface area contributed by atoms with Crippen LogP contribution in [0.25, 0.3) is 0 Å². The number of likely N-dealkylation sites (tertiary alicyclic amines) is 1. The standard InChI is InChI=1S/C17H27NO9/c1-16(2)6-8(19)7-17(3,4)18(16)12(15(26)27)11(14(24)25)9(13(22)23)5-10(20)21/h8-9,11-12,19H,5-7H2,1-4H3,(H,20,21)(H,22,23)(H,24,25)(H,26,27). The fraction of sp³-hybridized carbons (Fsp3) is 0.765. The summed E-state index contributed by atoms with van der Waals surface area (Å²) in [5.74, 6) is -10.4. The number of carboxylic acid groups (broad SMARTS) is 4. The van der Waals surface area contributed by atoms with Crippen LogP contribution in [0.4, 0.5) is 0 Å². The van der Waals surface area contributed by atoms with Gasteiger partial charge >= 0.3 is 23.9 Å². The monoisotopic (exact) mass is 389 g/mol. The lowest BCUT2D eigenvalue weighted by Crippen LogP contribution is -2.69. The number of carbonyl (C=O) groups is 4. The van der Waals surface area contributed by atoms with Crippen molar-refractivity contribution < 1.29 is 44.7 Å². The summed E-state index contributed by atoms with van der Waals surface area (Å²) in [5, 5.41) is 48.0. The van der Waals surface area contributed by atoms with E-state index in [0.29, 0.717) is 0 Å². The van der Waals surface area contributed by atoms with Crippen molar-refractivity contribution in [1.82, 2.24) is 4.90 Å². The van der Waals surface area contributed by atoms with Crippen molar-refractivity contribution in [2.24, 2.45) is 11.8 Å². The first kappa shape index (κ1) is 22.8. The van der Waals surface area contributed by atoms with Crippen molar-refractivity contribution >= 4 is 23.9 Å². The van der Waals surface area contributed by atoms with Gasteiger partial charge < -0.3 is 25.5 Å². The maximum Gasteiger partial charge on any atom is 0.321 e.